The SMILES string of the molecule is Cn1c(N)nc(NC(=O)[O-])cc1=O. The zero-order chi connectivity index (χ0) is 10.0. The van der Waals surface area contributed by atoms with E-state index in [1.165, 1.54) is 7.05 Å². The lowest BCUT2D eigenvalue weighted by atomic mass is 10.5. The predicted octanol–water partition coefficient (Wildman–Crippen LogP) is -1.88. The van der Waals surface area contributed by atoms with Gasteiger partial charge in [0.25, 0.3) is 5.56 Å². The van der Waals surface area contributed by atoms with E-state index in [0.29, 0.717) is 0 Å². The molecule has 3 N–H and O–H groups in total. The molecular weight excluding hydrogens is 176 g/mol. The van der Waals surface area contributed by atoms with Gasteiger partial charge in [0.15, 0.2) is 0 Å². The summed E-state index contributed by atoms with van der Waals surface area (Å²) >= 11 is 0. The Bertz CT molecular complexity index is 397. The number of nitrogen functional groups attached to an aromatic ring is 1. The normalized spacial score (nSPS) is 9.62. The van der Waals surface area contributed by atoms with Crippen LogP contribution in [0.3, 0.4) is 0 Å². The van der Waals surface area contributed by atoms with E-state index in [1.807, 2.05) is 5.32 Å². The van der Waals surface area contributed by atoms with Gasteiger partial charge in [0.2, 0.25) is 5.95 Å². The lowest BCUT2D eigenvalue weighted by molar-refractivity contribution is -0.242. The second-order valence-electron chi connectivity index (χ2n) is 2.31. The molecule has 13 heavy (non-hydrogen) atoms. The van der Waals surface area contributed by atoms with Crippen LogP contribution >= 0.6 is 0 Å². The zero-order valence-corrected chi connectivity index (χ0v) is 6.77. The van der Waals surface area contributed by atoms with E-state index in [9.17, 15) is 14.7 Å². The van der Waals surface area contributed by atoms with Gasteiger partial charge in [0.05, 0.1) is 0 Å². The third-order valence-corrected chi connectivity index (χ3v) is 1.40. The number of nitrogens with two attached hydrogens (primary N) is 1. The molecule has 0 aliphatic heterocycles. The Morgan fingerprint density at radius 1 is 1.77 bits per heavy atom. The molecule has 1 rings (SSSR count). The van der Waals surface area contributed by atoms with Crippen molar-refractivity contribution in [2.24, 2.45) is 7.05 Å². The van der Waals surface area contributed by atoms with Gasteiger partial charge < -0.3 is 21.0 Å². The molecule has 0 spiro atoms. The Labute approximate surface area is 72.8 Å². The number of hydrogen-bond acceptors (Lipinski definition) is 5. The number of aromatic nitrogens is 2. The largest absolute Gasteiger partial charge is 0.530 e. The minimum Gasteiger partial charge on any atom is -0.530 e. The summed E-state index contributed by atoms with van der Waals surface area (Å²) < 4.78 is 1.08. The van der Waals surface area contributed by atoms with E-state index in [-0.39, 0.29) is 11.8 Å². The van der Waals surface area contributed by atoms with Crippen LogP contribution < -0.4 is 21.7 Å². The number of amides is 1. The van der Waals surface area contributed by atoms with E-state index >= 15 is 0 Å². The summed E-state index contributed by atoms with van der Waals surface area (Å²) in [6, 6.07) is 1.01. The Morgan fingerprint density at radius 2 is 2.38 bits per heavy atom. The lowest BCUT2D eigenvalue weighted by Gasteiger charge is -2.07. The molecule has 1 amide bonds. The minimum absolute atomic E-state index is 0.0729. The molecule has 0 atom stereocenters. The highest BCUT2D eigenvalue weighted by atomic mass is 16.4. The summed E-state index contributed by atoms with van der Waals surface area (Å²) in [6.45, 7) is 0. The van der Waals surface area contributed by atoms with E-state index in [2.05, 4.69) is 4.98 Å². The first-order valence-electron chi connectivity index (χ1n) is 3.32. The molecule has 0 aliphatic rings. The number of carbonyl (C=O) groups is 1. The van der Waals surface area contributed by atoms with Gasteiger partial charge in [-0.15, -0.1) is 0 Å². The monoisotopic (exact) mass is 183 g/mol. The number of carbonyl (C=O) groups excluding carboxylic acids is 1. The highest BCUT2D eigenvalue weighted by molar-refractivity contribution is 5.79. The van der Waals surface area contributed by atoms with Crippen molar-refractivity contribution in [1.82, 2.24) is 9.55 Å². The van der Waals surface area contributed by atoms with Gasteiger partial charge in [-0.05, 0) is 0 Å². The molecule has 1 heterocycles. The molecule has 0 aliphatic carbocycles. The van der Waals surface area contributed by atoms with E-state index in [1.54, 1.807) is 0 Å². The van der Waals surface area contributed by atoms with Crippen molar-refractivity contribution in [3.8, 4) is 0 Å². The number of rotatable bonds is 1. The zero-order valence-electron chi connectivity index (χ0n) is 6.77. The summed E-state index contributed by atoms with van der Waals surface area (Å²) in [5, 5.41) is 11.9. The minimum atomic E-state index is -1.54. The Morgan fingerprint density at radius 3 is 2.85 bits per heavy atom. The number of nitrogens with one attached hydrogen (secondary N) is 1. The summed E-state index contributed by atoms with van der Waals surface area (Å²) in [6.07, 6.45) is -1.54. The number of nitrogens with zero attached hydrogens (tertiary/aromatic N) is 2. The van der Waals surface area contributed by atoms with Crippen molar-refractivity contribution in [3.05, 3.63) is 16.4 Å². The van der Waals surface area contributed by atoms with Crippen molar-refractivity contribution in [1.29, 1.82) is 0 Å². The fourth-order valence-electron chi connectivity index (χ4n) is 0.726. The highest BCUT2D eigenvalue weighted by Crippen LogP contribution is 2.00. The predicted molar refractivity (Wildman–Crippen MR) is 42.9 cm³/mol. The first-order valence-corrected chi connectivity index (χ1v) is 3.32. The van der Waals surface area contributed by atoms with Crippen molar-refractivity contribution in [2.75, 3.05) is 11.1 Å². The number of hydrogen-bond donors (Lipinski definition) is 2. The molecule has 1 aromatic heterocycles. The summed E-state index contributed by atoms with van der Waals surface area (Å²) in [4.78, 5) is 24.7. The topological polar surface area (TPSA) is 113 Å². The summed E-state index contributed by atoms with van der Waals surface area (Å²) in [5.41, 5.74) is 4.85. The maximum atomic E-state index is 11.0. The maximum Gasteiger partial charge on any atom is 0.256 e. The van der Waals surface area contributed by atoms with Crippen LogP contribution in [0.25, 0.3) is 0 Å². The molecule has 0 radical (unpaired) electrons. The highest BCUT2D eigenvalue weighted by Gasteiger charge is 2.01. The molecule has 0 unspecified atom stereocenters. The molecule has 0 bridgehead atoms. The fourth-order valence-corrected chi connectivity index (χ4v) is 0.726. The quantitative estimate of drug-likeness (QED) is 0.528. The Kier molecular flexibility index (Phi) is 2.18. The second kappa shape index (κ2) is 3.13. The van der Waals surface area contributed by atoms with E-state index < -0.39 is 11.7 Å². The smallest absolute Gasteiger partial charge is 0.256 e. The number of carboxylic acid groups (broad SMARTS) is 1. The van der Waals surface area contributed by atoms with Crippen LogP contribution in [0, 0.1) is 0 Å². The van der Waals surface area contributed by atoms with Crippen LogP contribution in [0.4, 0.5) is 16.6 Å². The van der Waals surface area contributed by atoms with Gasteiger partial charge in [0.1, 0.15) is 11.9 Å². The van der Waals surface area contributed by atoms with E-state index in [0.717, 1.165) is 10.6 Å². The van der Waals surface area contributed by atoms with Gasteiger partial charge in [-0.2, -0.15) is 4.98 Å². The molecule has 7 nitrogen and oxygen atoms in total. The van der Waals surface area contributed by atoms with Gasteiger partial charge in [-0.25, -0.2) is 0 Å². The third-order valence-electron chi connectivity index (χ3n) is 1.40. The Hall–Kier alpha value is -2.05. The summed E-state index contributed by atoms with van der Waals surface area (Å²) in [5.74, 6) is -0.211. The average Bonchev–Trinajstić information content (AvgIpc) is 1.98. The van der Waals surface area contributed by atoms with Crippen molar-refractivity contribution in [2.45, 2.75) is 0 Å². The fraction of sp³-hybridized carbons (Fsp3) is 0.167. The third kappa shape index (κ3) is 1.95. The lowest BCUT2D eigenvalue weighted by Crippen LogP contribution is -2.31. The first kappa shape index (κ1) is 9.04. The van der Waals surface area contributed by atoms with Gasteiger partial charge in [-0.1, -0.05) is 0 Å². The van der Waals surface area contributed by atoms with Gasteiger partial charge >= 0.3 is 0 Å². The van der Waals surface area contributed by atoms with Gasteiger partial charge in [0, 0.05) is 13.1 Å². The van der Waals surface area contributed by atoms with Crippen LogP contribution in [-0.4, -0.2) is 15.6 Å². The van der Waals surface area contributed by atoms with Crippen LogP contribution in [-0.2, 0) is 7.05 Å². The molecule has 0 saturated carbocycles. The van der Waals surface area contributed by atoms with E-state index in [4.69, 9.17) is 5.73 Å². The molecule has 0 saturated heterocycles. The standard InChI is InChI=1S/C6H8N4O3/c1-10-4(11)2-3(8-5(10)7)9-6(12)13/h2,9H,1H3,(H2,7,8)(H,12,13)/p-1. The first-order chi connectivity index (χ1) is 6.00. The van der Waals surface area contributed by atoms with Crippen LogP contribution in [0.5, 0.6) is 0 Å². The molecule has 7 heteroatoms. The number of anilines is 2. The average molecular weight is 183 g/mol. The maximum absolute atomic E-state index is 11.0. The Balaban J connectivity index is 3.13. The van der Waals surface area contributed by atoms with Crippen molar-refractivity contribution < 1.29 is 9.90 Å². The molecule has 0 fully saturated rings. The second-order valence-corrected chi connectivity index (χ2v) is 2.31. The molecular formula is C6H7N4O3-. The van der Waals surface area contributed by atoms with Crippen LogP contribution in [0.15, 0.2) is 10.9 Å². The molecule has 0 aromatic carbocycles. The molecule has 1 aromatic rings. The molecule has 70 valence electrons. The van der Waals surface area contributed by atoms with Crippen LogP contribution in [0.1, 0.15) is 0 Å². The van der Waals surface area contributed by atoms with Crippen molar-refractivity contribution in [3.63, 3.8) is 0 Å². The van der Waals surface area contributed by atoms with Gasteiger partial charge in [-0.3, -0.25) is 9.36 Å². The van der Waals surface area contributed by atoms with Crippen molar-refractivity contribution >= 4 is 17.9 Å². The summed E-state index contributed by atoms with van der Waals surface area (Å²) in [7, 11) is 1.42. The van der Waals surface area contributed by atoms with Crippen LogP contribution in [0.2, 0.25) is 0 Å².